The summed E-state index contributed by atoms with van der Waals surface area (Å²) in [5.74, 6) is 0.830. The number of hydrogen-bond acceptors (Lipinski definition) is 3. The molecule has 3 N–H and O–H groups in total. The third-order valence-electron chi connectivity index (χ3n) is 2.74. The summed E-state index contributed by atoms with van der Waals surface area (Å²) in [5.41, 5.74) is 5.50. The number of rotatable bonds is 6. The molecule has 0 aliphatic heterocycles. The van der Waals surface area contributed by atoms with E-state index in [1.807, 2.05) is 6.92 Å². The highest BCUT2D eigenvalue weighted by Crippen LogP contribution is 2.36. The molecule has 1 aliphatic carbocycles. The lowest BCUT2D eigenvalue weighted by Gasteiger charge is -2.18. The van der Waals surface area contributed by atoms with Crippen LogP contribution in [0.4, 0.5) is 0 Å². The molecule has 0 bridgehead atoms. The van der Waals surface area contributed by atoms with Gasteiger partial charge in [0, 0.05) is 19.6 Å². The Kier molecular flexibility index (Phi) is 4.35. The van der Waals surface area contributed by atoms with E-state index in [1.165, 1.54) is 12.8 Å². The summed E-state index contributed by atoms with van der Waals surface area (Å²) in [4.78, 5) is 11.6. The molecule has 2 unspecified atom stereocenters. The molecule has 0 radical (unpaired) electrons. The van der Waals surface area contributed by atoms with Gasteiger partial charge < -0.3 is 15.8 Å². The van der Waals surface area contributed by atoms with Gasteiger partial charge in [-0.2, -0.15) is 0 Å². The van der Waals surface area contributed by atoms with Gasteiger partial charge in [-0.1, -0.05) is 6.92 Å². The van der Waals surface area contributed by atoms with Crippen LogP contribution in [0.5, 0.6) is 0 Å². The van der Waals surface area contributed by atoms with E-state index in [4.69, 9.17) is 10.5 Å². The van der Waals surface area contributed by atoms with Gasteiger partial charge >= 0.3 is 0 Å². The van der Waals surface area contributed by atoms with Gasteiger partial charge in [0.25, 0.3) is 0 Å². The van der Waals surface area contributed by atoms with E-state index in [0.29, 0.717) is 19.1 Å². The van der Waals surface area contributed by atoms with Gasteiger partial charge in [-0.05, 0) is 18.8 Å². The highest BCUT2D eigenvalue weighted by molar-refractivity contribution is 5.79. The normalized spacial score (nSPS) is 20.2. The maximum Gasteiger partial charge on any atom is 0.223 e. The van der Waals surface area contributed by atoms with E-state index in [0.717, 1.165) is 0 Å². The summed E-state index contributed by atoms with van der Waals surface area (Å²) in [7, 11) is 1.61. The van der Waals surface area contributed by atoms with Crippen LogP contribution in [0, 0.1) is 11.8 Å². The standard InChI is InChI=1S/C10H20N2O2/c1-7(8-3-4-8)10(13)12-9(5-11)6-14-2/h7-9H,3-6,11H2,1-2H3,(H,12,13). The molecule has 0 aromatic heterocycles. The van der Waals surface area contributed by atoms with Gasteiger partial charge in [0.05, 0.1) is 12.6 Å². The van der Waals surface area contributed by atoms with Crippen molar-refractivity contribution in [3.8, 4) is 0 Å². The topological polar surface area (TPSA) is 64.3 Å². The zero-order valence-corrected chi connectivity index (χ0v) is 8.95. The molecule has 1 rings (SSSR count). The lowest BCUT2D eigenvalue weighted by atomic mass is 10.1. The first kappa shape index (κ1) is 11.5. The van der Waals surface area contributed by atoms with Crippen LogP contribution in [0.25, 0.3) is 0 Å². The van der Waals surface area contributed by atoms with E-state index in [2.05, 4.69) is 5.32 Å². The predicted octanol–water partition coefficient (Wildman–Crippen LogP) is 0.122. The SMILES string of the molecule is COCC(CN)NC(=O)C(C)C1CC1. The zero-order valence-electron chi connectivity index (χ0n) is 8.95. The Balaban J connectivity index is 2.29. The first-order valence-corrected chi connectivity index (χ1v) is 5.18. The molecule has 1 fully saturated rings. The van der Waals surface area contributed by atoms with Crippen LogP contribution in [0.1, 0.15) is 19.8 Å². The lowest BCUT2D eigenvalue weighted by molar-refractivity contribution is -0.126. The molecule has 4 nitrogen and oxygen atoms in total. The minimum Gasteiger partial charge on any atom is -0.383 e. The number of nitrogens with two attached hydrogens (primary N) is 1. The fraction of sp³-hybridized carbons (Fsp3) is 0.900. The summed E-state index contributed by atoms with van der Waals surface area (Å²) >= 11 is 0. The molecule has 14 heavy (non-hydrogen) atoms. The van der Waals surface area contributed by atoms with Crippen molar-refractivity contribution >= 4 is 5.91 Å². The highest BCUT2D eigenvalue weighted by Gasteiger charge is 2.33. The number of methoxy groups -OCH3 is 1. The largest absolute Gasteiger partial charge is 0.383 e. The molecule has 1 aliphatic rings. The monoisotopic (exact) mass is 200 g/mol. The van der Waals surface area contributed by atoms with E-state index < -0.39 is 0 Å². The summed E-state index contributed by atoms with van der Waals surface area (Å²) in [6.07, 6.45) is 2.37. The fourth-order valence-electron chi connectivity index (χ4n) is 1.51. The van der Waals surface area contributed by atoms with Gasteiger partial charge in [0.1, 0.15) is 0 Å². The van der Waals surface area contributed by atoms with Crippen molar-refractivity contribution in [1.82, 2.24) is 5.32 Å². The van der Waals surface area contributed by atoms with Crippen molar-refractivity contribution in [3.05, 3.63) is 0 Å². The first-order valence-electron chi connectivity index (χ1n) is 5.18. The van der Waals surface area contributed by atoms with Gasteiger partial charge in [-0.25, -0.2) is 0 Å². The number of amides is 1. The van der Waals surface area contributed by atoms with Crippen molar-refractivity contribution in [2.45, 2.75) is 25.8 Å². The van der Waals surface area contributed by atoms with Crippen LogP contribution in [-0.4, -0.2) is 32.2 Å². The molecule has 82 valence electrons. The van der Waals surface area contributed by atoms with Gasteiger partial charge in [-0.3, -0.25) is 4.79 Å². The maximum absolute atomic E-state index is 11.6. The number of carbonyl (C=O) groups is 1. The minimum absolute atomic E-state index is 0.0475. The molecule has 4 heteroatoms. The number of hydrogen-bond donors (Lipinski definition) is 2. The van der Waals surface area contributed by atoms with Crippen molar-refractivity contribution in [2.24, 2.45) is 17.6 Å². The first-order chi connectivity index (χ1) is 6.69. The van der Waals surface area contributed by atoms with Crippen LogP contribution >= 0.6 is 0 Å². The maximum atomic E-state index is 11.6. The van der Waals surface area contributed by atoms with Gasteiger partial charge in [0.2, 0.25) is 5.91 Å². The molecule has 1 amide bonds. The van der Waals surface area contributed by atoms with Gasteiger partial charge in [0.15, 0.2) is 0 Å². The predicted molar refractivity (Wildman–Crippen MR) is 54.7 cm³/mol. The fourth-order valence-corrected chi connectivity index (χ4v) is 1.51. The summed E-state index contributed by atoms with van der Waals surface area (Å²) in [6.45, 7) is 2.89. The lowest BCUT2D eigenvalue weighted by Crippen LogP contribution is -2.45. The Labute approximate surface area is 85.2 Å². The van der Waals surface area contributed by atoms with Crippen LogP contribution in [-0.2, 0) is 9.53 Å². The molecule has 2 atom stereocenters. The molecule has 0 aromatic carbocycles. The van der Waals surface area contributed by atoms with Crippen LogP contribution in [0.2, 0.25) is 0 Å². The van der Waals surface area contributed by atoms with E-state index >= 15 is 0 Å². The molecular formula is C10H20N2O2. The average Bonchev–Trinajstić information content (AvgIpc) is 2.99. The Morgan fingerprint density at radius 1 is 1.64 bits per heavy atom. The Morgan fingerprint density at radius 3 is 2.71 bits per heavy atom. The molecule has 0 aromatic rings. The van der Waals surface area contributed by atoms with Gasteiger partial charge in [-0.15, -0.1) is 0 Å². The zero-order chi connectivity index (χ0) is 10.6. The Bertz CT molecular complexity index is 193. The molecular weight excluding hydrogens is 180 g/mol. The van der Waals surface area contributed by atoms with Crippen molar-refractivity contribution in [2.75, 3.05) is 20.3 Å². The quantitative estimate of drug-likeness (QED) is 0.640. The van der Waals surface area contributed by atoms with Crippen molar-refractivity contribution in [1.29, 1.82) is 0 Å². The average molecular weight is 200 g/mol. The van der Waals surface area contributed by atoms with E-state index in [9.17, 15) is 4.79 Å². The minimum atomic E-state index is -0.0475. The summed E-state index contributed by atoms with van der Waals surface area (Å²) in [6, 6.07) is -0.0475. The van der Waals surface area contributed by atoms with Crippen LogP contribution in [0.15, 0.2) is 0 Å². The second kappa shape index (κ2) is 5.32. The summed E-state index contributed by atoms with van der Waals surface area (Å²) in [5, 5.41) is 2.90. The van der Waals surface area contributed by atoms with Crippen LogP contribution in [0.3, 0.4) is 0 Å². The molecule has 0 heterocycles. The molecule has 0 spiro atoms. The molecule has 1 saturated carbocycles. The van der Waals surface area contributed by atoms with E-state index in [1.54, 1.807) is 7.11 Å². The number of ether oxygens (including phenoxy) is 1. The number of nitrogens with one attached hydrogen (secondary N) is 1. The van der Waals surface area contributed by atoms with E-state index in [-0.39, 0.29) is 17.9 Å². The second-order valence-corrected chi connectivity index (χ2v) is 4.02. The Hall–Kier alpha value is -0.610. The second-order valence-electron chi connectivity index (χ2n) is 4.02. The van der Waals surface area contributed by atoms with Crippen LogP contribution < -0.4 is 11.1 Å². The third-order valence-corrected chi connectivity index (χ3v) is 2.74. The van der Waals surface area contributed by atoms with Crippen molar-refractivity contribution in [3.63, 3.8) is 0 Å². The molecule has 0 saturated heterocycles. The highest BCUT2D eigenvalue weighted by atomic mass is 16.5. The smallest absolute Gasteiger partial charge is 0.223 e. The summed E-state index contributed by atoms with van der Waals surface area (Å²) < 4.78 is 4.96. The third kappa shape index (κ3) is 3.27. The number of carbonyl (C=O) groups excluding carboxylic acids is 1. The van der Waals surface area contributed by atoms with Crippen molar-refractivity contribution < 1.29 is 9.53 Å². The Morgan fingerprint density at radius 2 is 2.29 bits per heavy atom.